The van der Waals surface area contributed by atoms with Gasteiger partial charge in [-0.25, -0.2) is 0 Å². The van der Waals surface area contributed by atoms with E-state index in [2.05, 4.69) is 101 Å². The Hall–Kier alpha value is -3.04. The first kappa shape index (κ1) is 19.3. The first-order valence-electron chi connectivity index (χ1n) is 10.6. The van der Waals surface area contributed by atoms with Gasteiger partial charge >= 0.3 is 0 Å². The van der Waals surface area contributed by atoms with Crippen LogP contribution in [0.15, 0.2) is 84.9 Å². The Bertz CT molecular complexity index is 962. The average molecular weight is 384 g/mol. The Morgan fingerprint density at radius 1 is 0.448 bits per heavy atom. The predicted octanol–water partition coefficient (Wildman–Crippen LogP) is 5.89. The molecule has 0 saturated heterocycles. The monoisotopic (exact) mass is 383 g/mol. The number of anilines is 2. The summed E-state index contributed by atoms with van der Waals surface area (Å²) in [6.45, 7) is 4.03. The molecule has 0 aliphatic rings. The van der Waals surface area contributed by atoms with Gasteiger partial charge in [-0.3, -0.25) is 0 Å². The molecule has 0 fully saturated rings. The molecule has 0 aliphatic heterocycles. The van der Waals surface area contributed by atoms with Gasteiger partial charge in [0.1, 0.15) is 0 Å². The first-order valence-corrected chi connectivity index (χ1v) is 10.6. The molecular weight excluding hydrogens is 354 g/mol. The smallest absolute Gasteiger partial charge is 0.0419 e. The van der Waals surface area contributed by atoms with E-state index < -0.39 is 0 Å². The lowest BCUT2D eigenvalue weighted by Crippen LogP contribution is -2.21. The van der Waals surface area contributed by atoms with Crippen LogP contribution in [-0.4, -0.2) is 26.2 Å². The quantitative estimate of drug-likeness (QED) is 0.299. The lowest BCUT2D eigenvalue weighted by atomic mass is 10.1. The van der Waals surface area contributed by atoms with Gasteiger partial charge in [0, 0.05) is 35.2 Å². The molecule has 3 nitrogen and oxygen atoms in total. The highest BCUT2D eigenvalue weighted by atomic mass is 14.9. The summed E-state index contributed by atoms with van der Waals surface area (Å²) in [5.74, 6) is 0. The van der Waals surface area contributed by atoms with Crippen LogP contribution in [0, 0.1) is 0 Å². The largest absolute Gasteiger partial charge is 0.384 e. The van der Waals surface area contributed by atoms with Crippen LogP contribution in [0.3, 0.4) is 0 Å². The maximum atomic E-state index is 3.58. The van der Waals surface area contributed by atoms with E-state index in [1.54, 1.807) is 0 Å². The highest BCUT2D eigenvalue weighted by molar-refractivity contribution is 5.94. The van der Waals surface area contributed by atoms with Crippen LogP contribution in [0.25, 0.3) is 21.5 Å². The van der Waals surface area contributed by atoms with Crippen molar-refractivity contribution < 1.29 is 0 Å². The van der Waals surface area contributed by atoms with E-state index in [1.165, 1.54) is 32.9 Å². The lowest BCUT2D eigenvalue weighted by molar-refractivity contribution is 0.643. The molecule has 0 bridgehead atoms. The van der Waals surface area contributed by atoms with E-state index in [1.807, 2.05) is 0 Å². The molecule has 0 radical (unpaired) electrons. The van der Waals surface area contributed by atoms with Crippen LogP contribution in [-0.2, 0) is 0 Å². The topological polar surface area (TPSA) is 36.1 Å². The summed E-state index contributed by atoms with van der Waals surface area (Å²) in [5, 5.41) is 15.9. The van der Waals surface area contributed by atoms with E-state index in [0.717, 1.165) is 39.0 Å². The van der Waals surface area contributed by atoms with Gasteiger partial charge in [-0.15, -0.1) is 0 Å². The number of rotatable bonds is 10. The zero-order valence-electron chi connectivity index (χ0n) is 16.8. The fourth-order valence-corrected chi connectivity index (χ4v) is 3.76. The molecule has 0 spiro atoms. The Kier molecular flexibility index (Phi) is 6.61. The average Bonchev–Trinajstić information content (AvgIpc) is 2.78. The Morgan fingerprint density at radius 3 is 1.41 bits per heavy atom. The van der Waals surface area contributed by atoms with Crippen molar-refractivity contribution in [2.75, 3.05) is 36.8 Å². The molecule has 4 aromatic rings. The van der Waals surface area contributed by atoms with Gasteiger partial charge in [0.05, 0.1) is 0 Å². The molecule has 0 aromatic heterocycles. The van der Waals surface area contributed by atoms with E-state index in [0.29, 0.717) is 0 Å². The summed E-state index contributed by atoms with van der Waals surface area (Å²) >= 11 is 0. The zero-order valence-corrected chi connectivity index (χ0v) is 16.8. The number of nitrogens with one attached hydrogen (secondary N) is 3. The number of hydrogen-bond donors (Lipinski definition) is 3. The summed E-state index contributed by atoms with van der Waals surface area (Å²) in [5.41, 5.74) is 2.45. The van der Waals surface area contributed by atoms with Crippen molar-refractivity contribution in [1.82, 2.24) is 5.32 Å². The zero-order chi connectivity index (χ0) is 19.7. The molecule has 4 aromatic carbocycles. The van der Waals surface area contributed by atoms with Crippen LogP contribution < -0.4 is 16.0 Å². The van der Waals surface area contributed by atoms with Gasteiger partial charge in [-0.1, -0.05) is 72.8 Å². The highest BCUT2D eigenvalue weighted by Gasteiger charge is 2.00. The van der Waals surface area contributed by atoms with E-state index >= 15 is 0 Å². The van der Waals surface area contributed by atoms with Crippen LogP contribution in [0.1, 0.15) is 12.8 Å². The van der Waals surface area contributed by atoms with Gasteiger partial charge < -0.3 is 16.0 Å². The third kappa shape index (κ3) is 5.07. The van der Waals surface area contributed by atoms with Crippen molar-refractivity contribution >= 4 is 32.9 Å². The molecule has 0 amide bonds. The molecule has 148 valence electrons. The molecule has 0 unspecified atom stereocenters. The number of hydrogen-bond acceptors (Lipinski definition) is 3. The summed E-state index contributed by atoms with van der Waals surface area (Å²) in [4.78, 5) is 0. The van der Waals surface area contributed by atoms with Crippen molar-refractivity contribution in [3.8, 4) is 0 Å². The van der Waals surface area contributed by atoms with E-state index in [-0.39, 0.29) is 0 Å². The second kappa shape index (κ2) is 9.94. The lowest BCUT2D eigenvalue weighted by Gasteiger charge is -2.11. The van der Waals surface area contributed by atoms with Gasteiger partial charge in [0.2, 0.25) is 0 Å². The van der Waals surface area contributed by atoms with Crippen molar-refractivity contribution in [3.05, 3.63) is 84.9 Å². The van der Waals surface area contributed by atoms with Crippen LogP contribution in [0.5, 0.6) is 0 Å². The normalized spacial score (nSPS) is 11.0. The molecule has 3 N–H and O–H groups in total. The number of fused-ring (bicyclic) bond motifs is 2. The van der Waals surface area contributed by atoms with Crippen molar-refractivity contribution in [1.29, 1.82) is 0 Å². The number of benzene rings is 4. The first-order chi connectivity index (χ1) is 14.4. The molecule has 3 heteroatoms. The fourth-order valence-electron chi connectivity index (χ4n) is 3.76. The predicted molar refractivity (Wildman–Crippen MR) is 127 cm³/mol. The summed E-state index contributed by atoms with van der Waals surface area (Å²) in [7, 11) is 0. The SMILES string of the molecule is c1ccc2c(NCCCNCCCNc3cccc4ccccc34)cccc2c1. The standard InChI is InChI=1S/C26H29N3/c1-3-13-23-21(9-1)11-5-15-25(23)28-19-7-17-27-18-8-20-29-26-16-6-12-22-10-2-4-14-24(22)26/h1-6,9-16,27-29H,7-8,17-20H2. The fraction of sp³-hybridized carbons (Fsp3) is 0.231. The molecule has 0 aliphatic carbocycles. The Balaban J connectivity index is 1.12. The maximum Gasteiger partial charge on any atom is 0.0419 e. The van der Waals surface area contributed by atoms with E-state index in [9.17, 15) is 0 Å². The van der Waals surface area contributed by atoms with Crippen LogP contribution >= 0.6 is 0 Å². The van der Waals surface area contributed by atoms with Gasteiger partial charge in [-0.2, -0.15) is 0 Å². The van der Waals surface area contributed by atoms with Gasteiger partial charge in [0.15, 0.2) is 0 Å². The molecule has 0 atom stereocenters. The second-order valence-corrected chi connectivity index (χ2v) is 7.36. The highest BCUT2D eigenvalue weighted by Crippen LogP contribution is 2.23. The Morgan fingerprint density at radius 2 is 0.897 bits per heavy atom. The molecule has 29 heavy (non-hydrogen) atoms. The summed E-state index contributed by atoms with van der Waals surface area (Å²) in [6.07, 6.45) is 2.22. The maximum absolute atomic E-state index is 3.58. The van der Waals surface area contributed by atoms with Crippen molar-refractivity contribution in [3.63, 3.8) is 0 Å². The summed E-state index contributed by atoms with van der Waals surface area (Å²) in [6, 6.07) is 29.9. The third-order valence-electron chi connectivity index (χ3n) is 5.27. The molecule has 0 heterocycles. The second-order valence-electron chi connectivity index (χ2n) is 7.36. The minimum atomic E-state index is 0.981. The Labute approximate surface area is 173 Å². The summed E-state index contributed by atoms with van der Waals surface area (Å²) < 4.78 is 0. The van der Waals surface area contributed by atoms with Crippen LogP contribution in [0.2, 0.25) is 0 Å². The minimum absolute atomic E-state index is 0.981. The minimum Gasteiger partial charge on any atom is -0.384 e. The van der Waals surface area contributed by atoms with Crippen molar-refractivity contribution in [2.24, 2.45) is 0 Å². The molecular formula is C26H29N3. The third-order valence-corrected chi connectivity index (χ3v) is 5.27. The molecule has 4 rings (SSSR count). The van der Waals surface area contributed by atoms with Crippen molar-refractivity contribution in [2.45, 2.75) is 12.8 Å². The van der Waals surface area contributed by atoms with Crippen LogP contribution in [0.4, 0.5) is 11.4 Å². The van der Waals surface area contributed by atoms with Gasteiger partial charge in [-0.05, 0) is 48.8 Å². The van der Waals surface area contributed by atoms with E-state index in [4.69, 9.17) is 0 Å². The molecule has 0 saturated carbocycles. The van der Waals surface area contributed by atoms with Gasteiger partial charge in [0.25, 0.3) is 0 Å².